The monoisotopic (exact) mass is 681 g/mol. The van der Waals surface area contributed by atoms with Crippen molar-refractivity contribution in [2.45, 2.75) is 11.0 Å². The number of aliphatic hydroxyl groups is 1. The highest BCUT2D eigenvalue weighted by atomic mass is 32.2. The Bertz CT molecular complexity index is 2140. The lowest BCUT2D eigenvalue weighted by atomic mass is 10.1. The number of pyridine rings is 1. The Hall–Kier alpha value is -5.39. The van der Waals surface area contributed by atoms with Crippen LogP contribution in [0, 0.1) is 0 Å². The summed E-state index contributed by atoms with van der Waals surface area (Å²) in [5.74, 6) is 2.02. The molecular formula is C38H35NO9S. The maximum atomic E-state index is 14.2. The van der Waals surface area contributed by atoms with Crippen molar-refractivity contribution < 1.29 is 37.9 Å². The first-order valence-electron chi connectivity index (χ1n) is 15.3. The first-order valence-corrected chi connectivity index (χ1v) is 16.3. The zero-order valence-electron chi connectivity index (χ0n) is 27.6. The number of hydrogen-bond acceptors (Lipinski definition) is 11. The van der Waals surface area contributed by atoms with Crippen LogP contribution < -0.4 is 33.8 Å². The Morgan fingerprint density at radius 1 is 0.755 bits per heavy atom. The lowest BCUT2D eigenvalue weighted by Gasteiger charge is -2.18. The predicted octanol–water partition coefficient (Wildman–Crippen LogP) is 7.25. The van der Waals surface area contributed by atoms with E-state index in [1.807, 2.05) is 60.7 Å². The van der Waals surface area contributed by atoms with Gasteiger partial charge in [0.25, 0.3) is 0 Å². The van der Waals surface area contributed by atoms with Crippen molar-refractivity contribution in [3.05, 3.63) is 95.2 Å². The third-order valence-electron chi connectivity index (χ3n) is 7.87. The SMILES string of the molecule is COc1cc(OC)c2c(=O)c(OCC(O)CSc3cc(-c4ccccc4)nc4ccccc34)c(-c3cc(OC)c(OC)c(OC)c3)oc2c1. The van der Waals surface area contributed by atoms with E-state index in [9.17, 15) is 9.90 Å². The van der Waals surface area contributed by atoms with Crippen LogP contribution >= 0.6 is 11.8 Å². The molecule has 0 aliphatic carbocycles. The Morgan fingerprint density at radius 3 is 2.12 bits per heavy atom. The van der Waals surface area contributed by atoms with Crippen molar-refractivity contribution in [2.75, 3.05) is 47.9 Å². The minimum absolute atomic E-state index is 0.0968. The number of benzene rings is 4. The molecule has 10 nitrogen and oxygen atoms in total. The summed E-state index contributed by atoms with van der Waals surface area (Å²) in [5, 5.41) is 12.3. The van der Waals surface area contributed by atoms with Gasteiger partial charge in [-0.2, -0.15) is 0 Å². The largest absolute Gasteiger partial charge is 0.496 e. The number of thioether (sulfide) groups is 1. The number of aromatic nitrogens is 1. The molecule has 0 aliphatic rings. The molecule has 0 saturated heterocycles. The van der Waals surface area contributed by atoms with Gasteiger partial charge in [-0.05, 0) is 24.3 Å². The van der Waals surface area contributed by atoms with E-state index in [1.54, 1.807) is 24.3 Å². The van der Waals surface area contributed by atoms with Crippen molar-refractivity contribution in [1.29, 1.82) is 0 Å². The van der Waals surface area contributed by atoms with Gasteiger partial charge in [0, 0.05) is 39.3 Å². The van der Waals surface area contributed by atoms with Crippen molar-refractivity contribution in [3.8, 4) is 57.1 Å². The second-order valence-electron chi connectivity index (χ2n) is 10.9. The first-order chi connectivity index (χ1) is 23.9. The number of hydrogen-bond donors (Lipinski definition) is 1. The van der Waals surface area contributed by atoms with Gasteiger partial charge in [0.1, 0.15) is 29.1 Å². The number of para-hydroxylation sites is 1. The summed E-state index contributed by atoms with van der Waals surface area (Å²) in [6.45, 7) is -0.201. The van der Waals surface area contributed by atoms with Crippen LogP contribution in [0.5, 0.6) is 34.5 Å². The molecule has 1 unspecified atom stereocenters. The molecule has 49 heavy (non-hydrogen) atoms. The fourth-order valence-corrected chi connectivity index (χ4v) is 6.48. The lowest BCUT2D eigenvalue weighted by Crippen LogP contribution is -2.23. The van der Waals surface area contributed by atoms with Crippen LogP contribution in [0.15, 0.2) is 99.0 Å². The van der Waals surface area contributed by atoms with E-state index < -0.39 is 11.5 Å². The summed E-state index contributed by atoms with van der Waals surface area (Å²) in [4.78, 5) is 20.0. The third kappa shape index (κ3) is 6.81. The minimum atomic E-state index is -0.960. The Morgan fingerprint density at radius 2 is 1.45 bits per heavy atom. The van der Waals surface area contributed by atoms with Crippen LogP contribution in [-0.4, -0.2) is 64.1 Å². The van der Waals surface area contributed by atoms with Gasteiger partial charge in [0.2, 0.25) is 16.9 Å². The molecule has 11 heteroatoms. The van der Waals surface area contributed by atoms with Crippen molar-refractivity contribution >= 4 is 33.6 Å². The van der Waals surface area contributed by atoms with Crippen LogP contribution in [-0.2, 0) is 0 Å². The Kier molecular flexibility index (Phi) is 10.1. The lowest BCUT2D eigenvalue weighted by molar-refractivity contribution is 0.125. The Balaban J connectivity index is 1.35. The normalized spacial score (nSPS) is 11.7. The fraction of sp³-hybridized carbons (Fsp3) is 0.211. The highest BCUT2D eigenvalue weighted by Gasteiger charge is 2.25. The molecule has 4 aromatic carbocycles. The summed E-state index contributed by atoms with van der Waals surface area (Å²) in [7, 11) is 7.45. The van der Waals surface area contributed by atoms with Gasteiger partial charge in [-0.3, -0.25) is 4.79 Å². The molecule has 0 saturated carbocycles. The fourth-order valence-electron chi connectivity index (χ4n) is 5.49. The van der Waals surface area contributed by atoms with Crippen LogP contribution in [0.1, 0.15) is 0 Å². The number of nitrogens with zero attached hydrogens (tertiary/aromatic N) is 1. The van der Waals surface area contributed by atoms with Crippen LogP contribution in [0.2, 0.25) is 0 Å². The molecular weight excluding hydrogens is 646 g/mol. The van der Waals surface area contributed by atoms with Gasteiger partial charge in [-0.15, -0.1) is 11.8 Å². The topological polar surface area (TPSA) is 119 Å². The van der Waals surface area contributed by atoms with Crippen molar-refractivity contribution in [3.63, 3.8) is 0 Å². The summed E-state index contributed by atoms with van der Waals surface area (Å²) < 4.78 is 40.0. The van der Waals surface area contributed by atoms with Gasteiger partial charge in [0.05, 0.1) is 52.9 Å². The van der Waals surface area contributed by atoms with Crippen LogP contribution in [0.25, 0.3) is 44.5 Å². The average molecular weight is 682 g/mol. The van der Waals surface area contributed by atoms with Crippen molar-refractivity contribution in [2.24, 2.45) is 0 Å². The van der Waals surface area contributed by atoms with Gasteiger partial charge in [-0.1, -0.05) is 48.5 Å². The van der Waals surface area contributed by atoms with E-state index in [2.05, 4.69) is 0 Å². The van der Waals surface area contributed by atoms with Crippen LogP contribution in [0.4, 0.5) is 0 Å². The molecule has 0 spiro atoms. The summed E-state index contributed by atoms with van der Waals surface area (Å²) in [6.07, 6.45) is -0.960. The van der Waals surface area contributed by atoms with Gasteiger partial charge in [0.15, 0.2) is 17.3 Å². The maximum Gasteiger partial charge on any atom is 0.239 e. The van der Waals surface area contributed by atoms with E-state index in [-0.39, 0.29) is 40.6 Å². The molecule has 1 N–H and O–H groups in total. The zero-order chi connectivity index (χ0) is 34.5. The Labute approximate surface area is 287 Å². The molecule has 6 rings (SSSR count). The van der Waals surface area contributed by atoms with E-state index in [4.69, 9.17) is 37.8 Å². The van der Waals surface area contributed by atoms with Crippen LogP contribution in [0.3, 0.4) is 0 Å². The van der Waals surface area contributed by atoms with E-state index in [0.717, 1.165) is 27.1 Å². The molecule has 2 aromatic heterocycles. The number of ether oxygens (including phenoxy) is 6. The van der Waals surface area contributed by atoms with E-state index in [0.29, 0.717) is 28.6 Å². The standard InChI is InChI=1S/C38H35NO9S/c1-42-25-17-29(43-2)34-30(18-25)48-36(23-15-31(44-3)37(46-5)32(16-23)45-4)38(35(34)41)47-20-24(40)21-49-33-19-28(22-11-7-6-8-12-22)39-27-14-10-9-13-26(27)33/h6-19,24,40H,20-21H2,1-5H3. The molecule has 0 aliphatic heterocycles. The predicted molar refractivity (Wildman–Crippen MR) is 190 cm³/mol. The number of rotatable bonds is 13. The highest BCUT2D eigenvalue weighted by Crippen LogP contribution is 2.44. The molecule has 1 atom stereocenters. The molecule has 0 amide bonds. The second kappa shape index (κ2) is 14.8. The van der Waals surface area contributed by atoms with Gasteiger partial charge < -0.3 is 37.9 Å². The molecule has 6 aromatic rings. The molecule has 252 valence electrons. The minimum Gasteiger partial charge on any atom is -0.496 e. The smallest absolute Gasteiger partial charge is 0.239 e. The highest BCUT2D eigenvalue weighted by molar-refractivity contribution is 7.99. The summed E-state index contributed by atoms with van der Waals surface area (Å²) in [5.41, 5.74) is 2.83. The average Bonchev–Trinajstić information content (AvgIpc) is 3.15. The summed E-state index contributed by atoms with van der Waals surface area (Å²) in [6, 6.07) is 26.4. The molecule has 2 heterocycles. The molecule has 0 bridgehead atoms. The van der Waals surface area contributed by atoms with Gasteiger partial charge >= 0.3 is 0 Å². The summed E-state index contributed by atoms with van der Waals surface area (Å²) >= 11 is 1.48. The zero-order valence-corrected chi connectivity index (χ0v) is 28.5. The molecule has 0 radical (unpaired) electrons. The first kappa shape index (κ1) is 33.5. The van der Waals surface area contributed by atoms with Gasteiger partial charge in [-0.25, -0.2) is 4.98 Å². The number of methoxy groups -OCH3 is 5. The van der Waals surface area contributed by atoms with E-state index >= 15 is 0 Å². The second-order valence-corrected chi connectivity index (χ2v) is 11.9. The van der Waals surface area contributed by atoms with E-state index in [1.165, 1.54) is 47.3 Å². The number of fused-ring (bicyclic) bond motifs is 2. The third-order valence-corrected chi connectivity index (χ3v) is 9.07. The van der Waals surface area contributed by atoms with Crippen molar-refractivity contribution in [1.82, 2.24) is 4.98 Å². The number of aliphatic hydroxyl groups excluding tert-OH is 1. The maximum absolute atomic E-state index is 14.2. The molecule has 0 fully saturated rings. The quantitative estimate of drug-likeness (QED) is 0.124.